The molecule has 0 saturated carbocycles. The SMILES string of the molecule is O=c1cc(-c2ccccc2)oc2cc(-c3c(-c4cc(=O)c5c(O)c(-c6c(-c7cc(=O)c8c(O)cc(O)cc8o7)ccc(O)c6O)c(O)cc5o4)ccc(O)c3O)cc(O)c12. The lowest BCUT2D eigenvalue weighted by molar-refractivity contribution is 0.404. The van der Waals surface area contributed by atoms with E-state index in [9.17, 15) is 60.3 Å². The Labute approximate surface area is 333 Å². The second-order valence-corrected chi connectivity index (χ2v) is 13.7. The number of phenols is 9. The zero-order valence-corrected chi connectivity index (χ0v) is 30.3. The fourth-order valence-corrected chi connectivity index (χ4v) is 7.33. The van der Waals surface area contributed by atoms with Crippen LogP contribution in [0.4, 0.5) is 0 Å². The molecule has 0 aliphatic rings. The normalized spacial score (nSPS) is 11.5. The molecule has 0 saturated heterocycles. The van der Waals surface area contributed by atoms with Gasteiger partial charge in [0.25, 0.3) is 0 Å². The molecule has 9 rings (SSSR count). The Bertz CT molecular complexity index is 3490. The fraction of sp³-hybridized carbons (Fsp3) is 0. The first kappa shape index (κ1) is 36.8. The van der Waals surface area contributed by atoms with Gasteiger partial charge >= 0.3 is 0 Å². The maximum absolute atomic E-state index is 14.0. The van der Waals surface area contributed by atoms with E-state index in [1.807, 2.05) is 0 Å². The third kappa shape index (κ3) is 5.72. The second-order valence-electron chi connectivity index (χ2n) is 13.7. The first-order valence-corrected chi connectivity index (χ1v) is 17.7. The van der Waals surface area contributed by atoms with Gasteiger partial charge in [-0.05, 0) is 42.0 Å². The van der Waals surface area contributed by atoms with E-state index in [-0.39, 0.29) is 61.5 Å². The van der Waals surface area contributed by atoms with E-state index in [2.05, 4.69) is 0 Å². The van der Waals surface area contributed by atoms with E-state index in [4.69, 9.17) is 13.3 Å². The van der Waals surface area contributed by atoms with Crippen LogP contribution < -0.4 is 16.3 Å². The van der Waals surface area contributed by atoms with Gasteiger partial charge in [-0.25, -0.2) is 0 Å². The van der Waals surface area contributed by atoms with Gasteiger partial charge in [0, 0.05) is 64.2 Å². The molecular weight excluding hydrogens is 780 g/mol. The monoisotopic (exact) mass is 806 g/mol. The summed E-state index contributed by atoms with van der Waals surface area (Å²) in [4.78, 5) is 40.2. The number of fused-ring (bicyclic) bond motifs is 3. The number of aromatic hydroxyl groups is 9. The minimum atomic E-state index is -0.941. The van der Waals surface area contributed by atoms with Crippen molar-refractivity contribution in [3.8, 4) is 108 Å². The standard InChI is InChI=1S/C45H26O15/c46-20-12-26(50)40-28(52)15-33(59-35(40)13-20)22-7-9-24(48)44(56)38(22)42-30(54)17-36-41(45(42)57)29(53)16-32(60-36)21-6-8-23(47)43(55)37(21)19-10-25(49)39-27(51)14-31(58-34(39)11-19)18-4-2-1-3-5-18/h1-17,46-50,54-57H. The Kier molecular flexibility index (Phi) is 8.20. The van der Waals surface area contributed by atoms with Crippen LogP contribution in [0.25, 0.3) is 89.1 Å². The number of hydrogen-bond acceptors (Lipinski definition) is 15. The molecule has 0 aliphatic carbocycles. The van der Waals surface area contributed by atoms with Gasteiger partial charge in [-0.3, -0.25) is 14.4 Å². The molecule has 9 aromatic rings. The lowest BCUT2D eigenvalue weighted by Crippen LogP contribution is -2.03. The molecule has 15 nitrogen and oxygen atoms in total. The number of phenolic OH excluding ortho intramolecular Hbond substituents is 9. The predicted molar refractivity (Wildman–Crippen MR) is 217 cm³/mol. The summed E-state index contributed by atoms with van der Waals surface area (Å²) in [5, 5.41) is 97.0. The van der Waals surface area contributed by atoms with Gasteiger partial charge in [0.15, 0.2) is 39.3 Å². The van der Waals surface area contributed by atoms with Crippen LogP contribution in [0, 0.1) is 0 Å². The maximum atomic E-state index is 14.0. The predicted octanol–water partition coefficient (Wildman–Crippen LogP) is 7.69. The van der Waals surface area contributed by atoms with Crippen molar-refractivity contribution < 1.29 is 59.2 Å². The quantitative estimate of drug-likeness (QED) is 0.0754. The summed E-state index contributed by atoms with van der Waals surface area (Å²) in [5.41, 5.74) is -3.95. The smallest absolute Gasteiger partial charge is 0.197 e. The van der Waals surface area contributed by atoms with Crippen LogP contribution >= 0.6 is 0 Å². The van der Waals surface area contributed by atoms with Crippen molar-refractivity contribution >= 4 is 32.9 Å². The summed E-state index contributed by atoms with van der Waals surface area (Å²) in [6, 6.07) is 21.8. The molecule has 6 aromatic carbocycles. The molecule has 0 atom stereocenters. The van der Waals surface area contributed by atoms with Crippen molar-refractivity contribution in [3.05, 3.63) is 134 Å². The van der Waals surface area contributed by atoms with Gasteiger partial charge in [0.2, 0.25) is 0 Å². The summed E-state index contributed by atoms with van der Waals surface area (Å²) < 4.78 is 17.9. The van der Waals surface area contributed by atoms with Crippen molar-refractivity contribution in [2.75, 3.05) is 0 Å². The Hall–Kier alpha value is -8.85. The van der Waals surface area contributed by atoms with Crippen LogP contribution in [0.2, 0.25) is 0 Å². The molecule has 0 amide bonds. The first-order valence-electron chi connectivity index (χ1n) is 17.7. The van der Waals surface area contributed by atoms with E-state index in [1.165, 1.54) is 24.3 Å². The highest BCUT2D eigenvalue weighted by Crippen LogP contribution is 2.52. The lowest BCUT2D eigenvalue weighted by Gasteiger charge is -2.17. The Morgan fingerprint density at radius 1 is 0.350 bits per heavy atom. The number of rotatable bonds is 5. The lowest BCUT2D eigenvalue weighted by atomic mass is 9.92. The summed E-state index contributed by atoms with van der Waals surface area (Å²) in [6.45, 7) is 0. The average molecular weight is 807 g/mol. The first-order chi connectivity index (χ1) is 28.7. The van der Waals surface area contributed by atoms with E-state index in [1.54, 1.807) is 30.3 Å². The van der Waals surface area contributed by atoms with Crippen LogP contribution in [0.5, 0.6) is 51.7 Å². The molecule has 9 N–H and O–H groups in total. The largest absolute Gasteiger partial charge is 0.508 e. The summed E-state index contributed by atoms with van der Waals surface area (Å²) >= 11 is 0. The molecule has 296 valence electrons. The van der Waals surface area contributed by atoms with Crippen LogP contribution in [0.3, 0.4) is 0 Å². The molecule has 0 fully saturated rings. The molecule has 0 aliphatic heterocycles. The molecule has 15 heteroatoms. The third-order valence-electron chi connectivity index (χ3n) is 10.0. The summed E-state index contributed by atoms with van der Waals surface area (Å²) in [7, 11) is 0. The van der Waals surface area contributed by atoms with E-state index in [0.717, 1.165) is 48.5 Å². The maximum Gasteiger partial charge on any atom is 0.197 e. The molecule has 0 radical (unpaired) electrons. The van der Waals surface area contributed by atoms with Crippen molar-refractivity contribution in [2.24, 2.45) is 0 Å². The molecule has 0 bridgehead atoms. The van der Waals surface area contributed by atoms with Crippen molar-refractivity contribution in [1.82, 2.24) is 0 Å². The highest BCUT2D eigenvalue weighted by molar-refractivity contribution is 6.02. The average Bonchev–Trinajstić information content (AvgIpc) is 3.19. The van der Waals surface area contributed by atoms with Crippen LogP contribution in [-0.2, 0) is 0 Å². The van der Waals surface area contributed by atoms with Crippen molar-refractivity contribution in [3.63, 3.8) is 0 Å². The van der Waals surface area contributed by atoms with Crippen LogP contribution in [0.1, 0.15) is 0 Å². The molecule has 0 spiro atoms. The Morgan fingerprint density at radius 2 is 0.850 bits per heavy atom. The minimum Gasteiger partial charge on any atom is -0.508 e. The molecular formula is C45H26O15. The van der Waals surface area contributed by atoms with E-state index < -0.39 is 90.1 Å². The second kappa shape index (κ2) is 13.4. The fourth-order valence-electron chi connectivity index (χ4n) is 7.33. The van der Waals surface area contributed by atoms with Gasteiger partial charge in [-0.15, -0.1) is 0 Å². The summed E-state index contributed by atoms with van der Waals surface area (Å²) in [5.74, 6) is -6.65. The van der Waals surface area contributed by atoms with Crippen LogP contribution in [0.15, 0.2) is 131 Å². The molecule has 60 heavy (non-hydrogen) atoms. The van der Waals surface area contributed by atoms with Crippen LogP contribution in [-0.4, -0.2) is 46.0 Å². The minimum absolute atomic E-state index is 0.0122. The van der Waals surface area contributed by atoms with Gasteiger partial charge in [-0.1, -0.05) is 30.3 Å². The van der Waals surface area contributed by atoms with Crippen molar-refractivity contribution in [2.45, 2.75) is 0 Å². The Balaban J connectivity index is 1.23. The molecule has 3 aromatic heterocycles. The highest BCUT2D eigenvalue weighted by atomic mass is 16.4. The molecule has 3 heterocycles. The zero-order chi connectivity index (χ0) is 42.3. The Morgan fingerprint density at radius 3 is 1.48 bits per heavy atom. The molecule has 0 unspecified atom stereocenters. The van der Waals surface area contributed by atoms with Gasteiger partial charge in [0.05, 0.1) is 5.56 Å². The van der Waals surface area contributed by atoms with E-state index in [0.29, 0.717) is 5.56 Å². The summed E-state index contributed by atoms with van der Waals surface area (Å²) in [6.07, 6.45) is 0. The third-order valence-corrected chi connectivity index (χ3v) is 10.0. The zero-order valence-electron chi connectivity index (χ0n) is 30.3. The van der Waals surface area contributed by atoms with Gasteiger partial charge in [0.1, 0.15) is 78.9 Å². The van der Waals surface area contributed by atoms with Gasteiger partial charge in [-0.2, -0.15) is 0 Å². The number of benzene rings is 6. The number of hydrogen-bond donors (Lipinski definition) is 9. The highest BCUT2D eigenvalue weighted by Gasteiger charge is 2.28. The van der Waals surface area contributed by atoms with Gasteiger partial charge < -0.3 is 59.2 Å². The van der Waals surface area contributed by atoms with Crippen molar-refractivity contribution in [1.29, 1.82) is 0 Å². The van der Waals surface area contributed by atoms with E-state index >= 15 is 0 Å². The topological polar surface area (TPSA) is 273 Å².